The zero-order valence-electron chi connectivity index (χ0n) is 19.2. The highest BCUT2D eigenvalue weighted by Crippen LogP contribution is 2.30. The van der Waals surface area contributed by atoms with E-state index in [1.807, 2.05) is 25.1 Å². The molecular weight excluding hydrogens is 438 g/mol. The molecule has 3 aromatic rings. The van der Waals surface area contributed by atoms with Crippen molar-refractivity contribution in [1.29, 1.82) is 0 Å². The van der Waals surface area contributed by atoms with Gasteiger partial charge in [0.25, 0.3) is 5.91 Å². The second-order valence-corrected chi connectivity index (χ2v) is 8.82. The topological polar surface area (TPSA) is 62.7 Å². The summed E-state index contributed by atoms with van der Waals surface area (Å²) >= 11 is 6.56. The van der Waals surface area contributed by atoms with Crippen molar-refractivity contribution >= 4 is 34.5 Å². The molecule has 1 aliphatic heterocycles. The van der Waals surface area contributed by atoms with Gasteiger partial charge in [-0.3, -0.25) is 4.79 Å². The van der Waals surface area contributed by atoms with Crippen molar-refractivity contribution in [3.63, 3.8) is 0 Å². The number of amides is 2. The molecule has 6 nitrogen and oxygen atoms in total. The fourth-order valence-corrected chi connectivity index (χ4v) is 4.19. The Kier molecular flexibility index (Phi) is 6.84. The normalized spacial score (nSPS) is 13.9. The lowest BCUT2D eigenvalue weighted by Crippen LogP contribution is -2.50. The molecule has 0 bridgehead atoms. The molecule has 0 aliphatic carbocycles. The quantitative estimate of drug-likeness (QED) is 0.512. The van der Waals surface area contributed by atoms with Gasteiger partial charge in [-0.05, 0) is 55.7 Å². The minimum Gasteiger partial charge on any atom is -0.449 e. The van der Waals surface area contributed by atoms with E-state index >= 15 is 0 Å². The van der Waals surface area contributed by atoms with Gasteiger partial charge in [0.2, 0.25) is 0 Å². The Labute approximate surface area is 199 Å². The van der Waals surface area contributed by atoms with E-state index in [1.165, 1.54) is 11.1 Å². The predicted octanol–water partition coefficient (Wildman–Crippen LogP) is 5.48. The number of aryl methyl sites for hydroxylation is 2. The second kappa shape index (κ2) is 9.79. The van der Waals surface area contributed by atoms with Crippen LogP contribution < -0.4 is 0 Å². The molecule has 2 heterocycles. The van der Waals surface area contributed by atoms with Gasteiger partial charge in [0.15, 0.2) is 0 Å². The molecule has 2 amide bonds. The summed E-state index contributed by atoms with van der Waals surface area (Å²) in [7, 11) is 0. The molecular formula is C26H28ClN3O3. The van der Waals surface area contributed by atoms with E-state index in [4.69, 9.17) is 21.3 Å². The van der Waals surface area contributed by atoms with Crippen LogP contribution in [-0.4, -0.2) is 59.6 Å². The first kappa shape index (κ1) is 23.1. The summed E-state index contributed by atoms with van der Waals surface area (Å²) in [6.45, 7) is 8.37. The fraction of sp³-hybridized carbons (Fsp3) is 0.346. The van der Waals surface area contributed by atoms with Crippen LogP contribution in [0.5, 0.6) is 0 Å². The lowest BCUT2D eigenvalue weighted by molar-refractivity contribution is 0.0560. The Morgan fingerprint density at radius 3 is 2.39 bits per heavy atom. The molecule has 0 spiro atoms. The van der Waals surface area contributed by atoms with Gasteiger partial charge in [0.05, 0.1) is 22.8 Å². The number of benzene rings is 2. The largest absolute Gasteiger partial charge is 0.449 e. The molecule has 0 saturated carbocycles. The summed E-state index contributed by atoms with van der Waals surface area (Å²) in [6.07, 6.45) is 0.475. The van der Waals surface area contributed by atoms with E-state index in [9.17, 15) is 9.59 Å². The standard InChI is InChI=1S/C26H28ClN3O3/c1-4-13-33-26(32)30-11-9-29(10-12-30)25(31)20-7-8-21-22(27)16-23(28-24(21)15-20)19-6-5-17(2)18(3)14-19/h5-8,14-16H,4,9-13H2,1-3H3. The van der Waals surface area contributed by atoms with Gasteiger partial charge in [-0.1, -0.05) is 36.7 Å². The lowest BCUT2D eigenvalue weighted by Gasteiger charge is -2.34. The summed E-state index contributed by atoms with van der Waals surface area (Å²) in [4.78, 5) is 33.4. The average Bonchev–Trinajstić information content (AvgIpc) is 2.83. The maximum absolute atomic E-state index is 13.1. The molecule has 1 saturated heterocycles. The fourth-order valence-electron chi connectivity index (χ4n) is 3.92. The average molecular weight is 466 g/mol. The maximum atomic E-state index is 13.1. The van der Waals surface area contributed by atoms with Crippen LogP contribution in [0.1, 0.15) is 34.8 Å². The highest BCUT2D eigenvalue weighted by molar-refractivity contribution is 6.35. The van der Waals surface area contributed by atoms with Crippen LogP contribution in [0.4, 0.5) is 4.79 Å². The first-order valence-corrected chi connectivity index (χ1v) is 11.6. The highest BCUT2D eigenvalue weighted by Gasteiger charge is 2.26. The molecule has 4 rings (SSSR count). The Bertz CT molecular complexity index is 1200. The number of carbonyl (C=O) groups is 2. The SMILES string of the molecule is CCCOC(=O)N1CCN(C(=O)c2ccc3c(Cl)cc(-c4ccc(C)c(C)c4)nc3c2)CC1. The number of hydrogen-bond acceptors (Lipinski definition) is 4. The molecule has 0 N–H and O–H groups in total. The van der Waals surface area contributed by atoms with Gasteiger partial charge in [-0.25, -0.2) is 9.78 Å². The minimum absolute atomic E-state index is 0.0759. The summed E-state index contributed by atoms with van der Waals surface area (Å²) in [5.74, 6) is -0.0759. The summed E-state index contributed by atoms with van der Waals surface area (Å²) < 4.78 is 5.19. The Hall–Kier alpha value is -3.12. The van der Waals surface area contributed by atoms with Crippen molar-refractivity contribution in [3.8, 4) is 11.3 Å². The number of nitrogens with zero attached hydrogens (tertiary/aromatic N) is 3. The summed E-state index contributed by atoms with van der Waals surface area (Å²) in [5.41, 5.74) is 5.42. The van der Waals surface area contributed by atoms with E-state index in [-0.39, 0.29) is 12.0 Å². The lowest BCUT2D eigenvalue weighted by atomic mass is 10.0. The molecule has 33 heavy (non-hydrogen) atoms. The monoisotopic (exact) mass is 465 g/mol. The van der Waals surface area contributed by atoms with Crippen molar-refractivity contribution in [1.82, 2.24) is 14.8 Å². The zero-order valence-corrected chi connectivity index (χ0v) is 20.0. The third kappa shape index (κ3) is 4.96. The van der Waals surface area contributed by atoms with Gasteiger partial charge >= 0.3 is 6.09 Å². The molecule has 1 aliphatic rings. The number of fused-ring (bicyclic) bond motifs is 1. The number of rotatable bonds is 4. The molecule has 7 heteroatoms. The zero-order chi connectivity index (χ0) is 23.5. The van der Waals surface area contributed by atoms with Crippen molar-refractivity contribution in [3.05, 3.63) is 64.2 Å². The third-order valence-corrected chi connectivity index (χ3v) is 6.38. The van der Waals surface area contributed by atoms with Gasteiger partial charge in [0, 0.05) is 42.7 Å². The molecule has 1 aromatic heterocycles. The van der Waals surface area contributed by atoms with Gasteiger partial charge in [0.1, 0.15) is 0 Å². The number of halogens is 1. The Morgan fingerprint density at radius 1 is 0.970 bits per heavy atom. The molecule has 0 unspecified atom stereocenters. The van der Waals surface area contributed by atoms with E-state index < -0.39 is 0 Å². The van der Waals surface area contributed by atoms with Crippen LogP contribution in [0.2, 0.25) is 5.02 Å². The maximum Gasteiger partial charge on any atom is 0.409 e. The van der Waals surface area contributed by atoms with Crippen LogP contribution in [0.3, 0.4) is 0 Å². The Balaban J connectivity index is 1.54. The summed E-state index contributed by atoms with van der Waals surface area (Å²) in [6, 6.07) is 13.5. The minimum atomic E-state index is -0.313. The molecule has 1 fully saturated rings. The number of pyridine rings is 1. The highest BCUT2D eigenvalue weighted by atomic mass is 35.5. The number of aromatic nitrogens is 1. The third-order valence-electron chi connectivity index (χ3n) is 6.06. The van der Waals surface area contributed by atoms with Gasteiger partial charge in [-0.2, -0.15) is 0 Å². The van der Waals surface area contributed by atoms with E-state index in [1.54, 1.807) is 21.9 Å². The second-order valence-electron chi connectivity index (χ2n) is 8.41. The van der Waals surface area contributed by atoms with E-state index in [0.717, 1.165) is 23.1 Å². The van der Waals surface area contributed by atoms with Gasteiger partial charge < -0.3 is 14.5 Å². The number of carbonyl (C=O) groups excluding carboxylic acids is 2. The van der Waals surface area contributed by atoms with Crippen molar-refractivity contribution in [2.24, 2.45) is 0 Å². The molecule has 0 atom stereocenters. The van der Waals surface area contributed by atoms with E-state index in [2.05, 4.69) is 26.0 Å². The molecule has 0 radical (unpaired) electrons. The first-order chi connectivity index (χ1) is 15.9. The van der Waals surface area contributed by atoms with Crippen molar-refractivity contribution in [2.75, 3.05) is 32.8 Å². The van der Waals surface area contributed by atoms with Crippen LogP contribution >= 0.6 is 11.6 Å². The van der Waals surface area contributed by atoms with Crippen LogP contribution in [0, 0.1) is 13.8 Å². The predicted molar refractivity (Wildman–Crippen MR) is 131 cm³/mol. The number of piperazine rings is 1. The number of hydrogen-bond donors (Lipinski definition) is 0. The van der Waals surface area contributed by atoms with Gasteiger partial charge in [-0.15, -0.1) is 0 Å². The smallest absolute Gasteiger partial charge is 0.409 e. The van der Waals surface area contributed by atoms with E-state index in [0.29, 0.717) is 48.9 Å². The van der Waals surface area contributed by atoms with Crippen LogP contribution in [0.15, 0.2) is 42.5 Å². The van der Waals surface area contributed by atoms with Crippen molar-refractivity contribution in [2.45, 2.75) is 27.2 Å². The van der Waals surface area contributed by atoms with Crippen LogP contribution in [-0.2, 0) is 4.74 Å². The number of ether oxygens (including phenoxy) is 1. The Morgan fingerprint density at radius 2 is 1.70 bits per heavy atom. The molecule has 172 valence electrons. The molecule has 2 aromatic carbocycles. The van der Waals surface area contributed by atoms with Crippen LogP contribution in [0.25, 0.3) is 22.2 Å². The van der Waals surface area contributed by atoms with Crippen molar-refractivity contribution < 1.29 is 14.3 Å². The first-order valence-electron chi connectivity index (χ1n) is 11.3. The summed E-state index contributed by atoms with van der Waals surface area (Å²) in [5, 5.41) is 1.41.